The molecule has 0 atom stereocenters. The second-order valence-electron chi connectivity index (χ2n) is 4.86. The van der Waals surface area contributed by atoms with Gasteiger partial charge in [0.2, 0.25) is 0 Å². The van der Waals surface area contributed by atoms with E-state index in [1.54, 1.807) is 0 Å². The van der Waals surface area contributed by atoms with Crippen molar-refractivity contribution in [2.75, 3.05) is 13.2 Å². The zero-order valence-corrected chi connectivity index (χ0v) is 12.4. The topological polar surface area (TPSA) is 38.7 Å². The molecule has 0 aromatic heterocycles. The van der Waals surface area contributed by atoms with Crippen LogP contribution in [0.3, 0.4) is 0 Å². The third kappa shape index (κ3) is 4.80. The van der Waals surface area contributed by atoms with Crippen LogP contribution < -0.4 is 9.47 Å². The molecule has 3 heteroatoms. The Morgan fingerprint density at radius 3 is 2.48 bits per heavy atom. The molecular formula is C18H22O3. The molecule has 0 aliphatic heterocycles. The van der Waals surface area contributed by atoms with E-state index in [1.165, 1.54) is 5.56 Å². The number of hydrogen-bond donors (Lipinski definition) is 1. The minimum absolute atomic E-state index is 0.0330. The molecule has 0 saturated heterocycles. The van der Waals surface area contributed by atoms with Gasteiger partial charge < -0.3 is 14.6 Å². The van der Waals surface area contributed by atoms with Crippen molar-refractivity contribution in [3.63, 3.8) is 0 Å². The SMILES string of the molecule is CCCOc1ccc(CO)c(OCCc2ccccc2)c1. The summed E-state index contributed by atoms with van der Waals surface area (Å²) in [4.78, 5) is 0. The number of hydrogen-bond acceptors (Lipinski definition) is 3. The molecule has 21 heavy (non-hydrogen) atoms. The fourth-order valence-electron chi connectivity index (χ4n) is 2.03. The highest BCUT2D eigenvalue weighted by Crippen LogP contribution is 2.25. The van der Waals surface area contributed by atoms with Crippen LogP contribution in [-0.2, 0) is 13.0 Å². The van der Waals surface area contributed by atoms with E-state index in [2.05, 4.69) is 19.1 Å². The molecule has 112 valence electrons. The van der Waals surface area contributed by atoms with Crippen LogP contribution in [0.2, 0.25) is 0 Å². The molecular weight excluding hydrogens is 264 g/mol. The molecule has 2 aromatic rings. The predicted molar refractivity (Wildman–Crippen MR) is 83.8 cm³/mol. The smallest absolute Gasteiger partial charge is 0.128 e. The lowest BCUT2D eigenvalue weighted by atomic mass is 10.1. The Kier molecular flexibility index (Phi) is 6.10. The van der Waals surface area contributed by atoms with E-state index in [1.807, 2.05) is 36.4 Å². The zero-order chi connectivity index (χ0) is 14.9. The van der Waals surface area contributed by atoms with Gasteiger partial charge in [0, 0.05) is 18.1 Å². The molecule has 0 unspecified atom stereocenters. The molecule has 0 aliphatic rings. The maximum Gasteiger partial charge on any atom is 0.128 e. The molecule has 0 fully saturated rings. The van der Waals surface area contributed by atoms with Gasteiger partial charge in [0.15, 0.2) is 0 Å². The fourth-order valence-corrected chi connectivity index (χ4v) is 2.03. The van der Waals surface area contributed by atoms with Crippen LogP contribution in [0.15, 0.2) is 48.5 Å². The molecule has 0 heterocycles. The molecule has 0 aliphatic carbocycles. The number of aliphatic hydroxyl groups excluding tert-OH is 1. The van der Waals surface area contributed by atoms with E-state index in [4.69, 9.17) is 9.47 Å². The predicted octanol–water partition coefficient (Wildman–Crippen LogP) is 3.59. The minimum atomic E-state index is -0.0330. The van der Waals surface area contributed by atoms with E-state index in [9.17, 15) is 5.11 Å². The second-order valence-corrected chi connectivity index (χ2v) is 4.86. The molecule has 2 aromatic carbocycles. The highest BCUT2D eigenvalue weighted by Gasteiger charge is 2.06. The van der Waals surface area contributed by atoms with E-state index in [0.29, 0.717) is 19.0 Å². The van der Waals surface area contributed by atoms with Gasteiger partial charge in [-0.15, -0.1) is 0 Å². The minimum Gasteiger partial charge on any atom is -0.493 e. The highest BCUT2D eigenvalue weighted by molar-refractivity contribution is 5.40. The second kappa shape index (κ2) is 8.32. The third-order valence-electron chi connectivity index (χ3n) is 3.17. The first-order valence-electron chi connectivity index (χ1n) is 7.36. The van der Waals surface area contributed by atoms with E-state index in [-0.39, 0.29) is 6.61 Å². The molecule has 1 N–H and O–H groups in total. The Balaban J connectivity index is 1.96. The monoisotopic (exact) mass is 286 g/mol. The Morgan fingerprint density at radius 2 is 1.76 bits per heavy atom. The lowest BCUT2D eigenvalue weighted by molar-refractivity contribution is 0.261. The average Bonchev–Trinajstić information content (AvgIpc) is 2.54. The zero-order valence-electron chi connectivity index (χ0n) is 12.4. The largest absolute Gasteiger partial charge is 0.493 e. The van der Waals surface area contributed by atoms with Gasteiger partial charge in [-0.2, -0.15) is 0 Å². The molecule has 0 radical (unpaired) electrons. The van der Waals surface area contributed by atoms with E-state index in [0.717, 1.165) is 24.2 Å². The van der Waals surface area contributed by atoms with E-state index < -0.39 is 0 Å². The van der Waals surface area contributed by atoms with E-state index >= 15 is 0 Å². The molecule has 0 saturated carbocycles. The van der Waals surface area contributed by atoms with Crippen LogP contribution in [0.4, 0.5) is 0 Å². The van der Waals surface area contributed by atoms with Gasteiger partial charge in [-0.3, -0.25) is 0 Å². The quantitative estimate of drug-likeness (QED) is 0.806. The summed E-state index contributed by atoms with van der Waals surface area (Å²) in [6.07, 6.45) is 1.80. The Hall–Kier alpha value is -2.00. The Morgan fingerprint density at radius 1 is 0.952 bits per heavy atom. The Bertz CT molecular complexity index is 537. The summed E-state index contributed by atoms with van der Waals surface area (Å²) in [6.45, 7) is 3.30. The molecule has 2 rings (SSSR count). The van der Waals surface area contributed by atoms with Gasteiger partial charge in [0.1, 0.15) is 11.5 Å². The number of ether oxygens (including phenoxy) is 2. The summed E-state index contributed by atoms with van der Waals surface area (Å²) in [7, 11) is 0. The standard InChI is InChI=1S/C18H22O3/c1-2-11-20-17-9-8-16(14-19)18(13-17)21-12-10-15-6-4-3-5-7-15/h3-9,13,19H,2,10-12,14H2,1H3. The van der Waals surface area contributed by atoms with Gasteiger partial charge in [-0.1, -0.05) is 37.3 Å². The summed E-state index contributed by atoms with van der Waals surface area (Å²) >= 11 is 0. The van der Waals surface area contributed by atoms with Crippen molar-refractivity contribution in [3.8, 4) is 11.5 Å². The van der Waals surface area contributed by atoms with Crippen LogP contribution in [0.25, 0.3) is 0 Å². The number of aliphatic hydroxyl groups is 1. The first-order valence-corrected chi connectivity index (χ1v) is 7.36. The number of benzene rings is 2. The first-order chi connectivity index (χ1) is 10.3. The molecule has 0 amide bonds. The summed E-state index contributed by atoms with van der Waals surface area (Å²) in [6, 6.07) is 15.8. The van der Waals surface area contributed by atoms with Crippen molar-refractivity contribution in [2.24, 2.45) is 0 Å². The van der Waals surface area contributed by atoms with Crippen molar-refractivity contribution >= 4 is 0 Å². The van der Waals surface area contributed by atoms with Crippen molar-refractivity contribution in [2.45, 2.75) is 26.4 Å². The normalized spacial score (nSPS) is 10.4. The lowest BCUT2D eigenvalue weighted by Crippen LogP contribution is -2.04. The van der Waals surface area contributed by atoms with Gasteiger partial charge in [0.25, 0.3) is 0 Å². The number of rotatable bonds is 8. The van der Waals surface area contributed by atoms with Crippen LogP contribution in [0, 0.1) is 0 Å². The summed E-state index contributed by atoms with van der Waals surface area (Å²) in [5, 5.41) is 9.38. The van der Waals surface area contributed by atoms with Crippen molar-refractivity contribution in [1.82, 2.24) is 0 Å². The maximum absolute atomic E-state index is 9.38. The van der Waals surface area contributed by atoms with Crippen molar-refractivity contribution in [1.29, 1.82) is 0 Å². The van der Waals surface area contributed by atoms with Crippen LogP contribution in [0.1, 0.15) is 24.5 Å². The maximum atomic E-state index is 9.38. The van der Waals surface area contributed by atoms with Crippen LogP contribution in [0.5, 0.6) is 11.5 Å². The highest BCUT2D eigenvalue weighted by atomic mass is 16.5. The third-order valence-corrected chi connectivity index (χ3v) is 3.17. The molecule has 0 spiro atoms. The summed E-state index contributed by atoms with van der Waals surface area (Å²) < 4.78 is 11.4. The van der Waals surface area contributed by atoms with Crippen LogP contribution in [-0.4, -0.2) is 18.3 Å². The summed E-state index contributed by atoms with van der Waals surface area (Å²) in [5.74, 6) is 1.48. The average molecular weight is 286 g/mol. The fraction of sp³-hybridized carbons (Fsp3) is 0.333. The van der Waals surface area contributed by atoms with Gasteiger partial charge in [-0.25, -0.2) is 0 Å². The molecule has 0 bridgehead atoms. The Labute approximate surface area is 126 Å². The lowest BCUT2D eigenvalue weighted by Gasteiger charge is -2.12. The van der Waals surface area contributed by atoms with Crippen LogP contribution >= 0.6 is 0 Å². The van der Waals surface area contributed by atoms with Crippen molar-refractivity contribution < 1.29 is 14.6 Å². The first kappa shape index (κ1) is 15.4. The van der Waals surface area contributed by atoms with Gasteiger partial charge in [-0.05, 0) is 24.1 Å². The van der Waals surface area contributed by atoms with Gasteiger partial charge in [0.05, 0.1) is 19.8 Å². The van der Waals surface area contributed by atoms with Gasteiger partial charge >= 0.3 is 0 Å². The summed E-state index contributed by atoms with van der Waals surface area (Å²) in [5.41, 5.74) is 2.02. The van der Waals surface area contributed by atoms with Crippen molar-refractivity contribution in [3.05, 3.63) is 59.7 Å². The molecule has 3 nitrogen and oxygen atoms in total.